The van der Waals surface area contributed by atoms with Crippen molar-refractivity contribution in [1.82, 2.24) is 5.32 Å². The molecule has 0 aliphatic carbocycles. The fourth-order valence-electron chi connectivity index (χ4n) is 3.64. The average Bonchev–Trinajstić information content (AvgIpc) is 2.70. The van der Waals surface area contributed by atoms with Gasteiger partial charge in [0.05, 0.1) is 17.3 Å². The SMILES string of the molecule is CC1CN(c2cc3c(cc2F)[n+]([O-])c(-c2ccccc2)c(C#N)[n+]3[O-])CCN1. The van der Waals surface area contributed by atoms with Crippen molar-refractivity contribution in [3.8, 4) is 17.3 Å². The average molecular weight is 379 g/mol. The van der Waals surface area contributed by atoms with Gasteiger partial charge in [0.2, 0.25) is 0 Å². The highest BCUT2D eigenvalue weighted by atomic mass is 19.1. The molecule has 3 aromatic rings. The minimum Gasteiger partial charge on any atom is -0.617 e. The summed E-state index contributed by atoms with van der Waals surface area (Å²) in [5.41, 5.74) is 0.113. The molecule has 1 saturated heterocycles. The van der Waals surface area contributed by atoms with Crippen LogP contribution in [0.3, 0.4) is 0 Å². The number of aromatic nitrogens is 2. The second-order valence-corrected chi connectivity index (χ2v) is 6.86. The van der Waals surface area contributed by atoms with E-state index in [9.17, 15) is 20.1 Å². The van der Waals surface area contributed by atoms with Gasteiger partial charge < -0.3 is 20.6 Å². The molecule has 1 aliphatic rings. The van der Waals surface area contributed by atoms with E-state index in [1.165, 1.54) is 6.07 Å². The monoisotopic (exact) mass is 379 g/mol. The number of anilines is 1. The first kappa shape index (κ1) is 17.9. The first-order chi connectivity index (χ1) is 13.5. The Morgan fingerprint density at radius 2 is 1.89 bits per heavy atom. The van der Waals surface area contributed by atoms with Crippen LogP contribution in [-0.4, -0.2) is 25.7 Å². The van der Waals surface area contributed by atoms with Gasteiger partial charge in [-0.1, -0.05) is 18.2 Å². The lowest BCUT2D eigenvalue weighted by Crippen LogP contribution is -2.50. The predicted octanol–water partition coefficient (Wildman–Crippen LogP) is 1.58. The van der Waals surface area contributed by atoms with Crippen LogP contribution in [-0.2, 0) is 0 Å². The molecule has 2 aromatic carbocycles. The zero-order chi connectivity index (χ0) is 19.8. The number of rotatable bonds is 2. The number of fused-ring (bicyclic) bond motifs is 1. The first-order valence-electron chi connectivity index (χ1n) is 8.97. The summed E-state index contributed by atoms with van der Waals surface area (Å²) < 4.78 is 15.7. The summed E-state index contributed by atoms with van der Waals surface area (Å²) in [6, 6.07) is 12.9. The van der Waals surface area contributed by atoms with Gasteiger partial charge in [-0.25, -0.2) is 4.39 Å². The van der Waals surface area contributed by atoms with Crippen molar-refractivity contribution in [1.29, 1.82) is 5.26 Å². The highest BCUT2D eigenvalue weighted by Gasteiger charge is 2.32. The molecule has 7 nitrogen and oxygen atoms in total. The van der Waals surface area contributed by atoms with Gasteiger partial charge in [-0.15, -0.1) is 4.73 Å². The van der Waals surface area contributed by atoms with Gasteiger partial charge in [0.25, 0.3) is 11.0 Å². The summed E-state index contributed by atoms with van der Waals surface area (Å²) in [5.74, 6) is -0.574. The van der Waals surface area contributed by atoms with E-state index in [4.69, 9.17) is 0 Å². The molecule has 1 atom stereocenters. The van der Waals surface area contributed by atoms with Crippen molar-refractivity contribution < 1.29 is 13.9 Å². The third kappa shape index (κ3) is 2.86. The van der Waals surface area contributed by atoms with Gasteiger partial charge in [0, 0.05) is 31.7 Å². The molecule has 0 amide bonds. The van der Waals surface area contributed by atoms with Crippen molar-refractivity contribution in [3.63, 3.8) is 0 Å². The summed E-state index contributed by atoms with van der Waals surface area (Å²) in [6.07, 6.45) is 0. The van der Waals surface area contributed by atoms with E-state index in [1.54, 1.807) is 30.3 Å². The lowest BCUT2D eigenvalue weighted by atomic mass is 10.1. The Morgan fingerprint density at radius 3 is 2.57 bits per heavy atom. The van der Waals surface area contributed by atoms with E-state index in [2.05, 4.69) is 5.32 Å². The molecule has 0 radical (unpaired) electrons. The van der Waals surface area contributed by atoms with E-state index in [0.29, 0.717) is 34.7 Å². The van der Waals surface area contributed by atoms with Crippen molar-refractivity contribution in [3.05, 3.63) is 64.4 Å². The number of benzene rings is 2. The molecule has 1 N–H and O–H groups in total. The minimum atomic E-state index is -0.574. The molecule has 142 valence electrons. The van der Waals surface area contributed by atoms with Gasteiger partial charge in [0.15, 0.2) is 11.9 Å². The number of hydrogen-bond acceptors (Lipinski definition) is 5. The second-order valence-electron chi connectivity index (χ2n) is 6.86. The molecule has 0 spiro atoms. The standard InChI is InChI=1S/C20H18FN5O2/c1-13-12-24(8-7-23-13)16-10-18-17(9-15(16)21)26(28)20(19(11-22)25(18)27)14-5-3-2-4-6-14/h2-6,9-10,13,23H,7-8,12H2,1H3. The molecule has 0 saturated carbocycles. The number of nitriles is 1. The van der Waals surface area contributed by atoms with E-state index in [-0.39, 0.29) is 34.2 Å². The maximum absolute atomic E-state index is 14.9. The second kappa shape index (κ2) is 6.94. The zero-order valence-corrected chi connectivity index (χ0v) is 15.2. The fourth-order valence-corrected chi connectivity index (χ4v) is 3.64. The molecule has 1 aliphatic heterocycles. The van der Waals surface area contributed by atoms with Crippen LogP contribution >= 0.6 is 0 Å². The Labute approximate surface area is 161 Å². The van der Waals surface area contributed by atoms with Crippen LogP contribution in [0.15, 0.2) is 42.5 Å². The van der Waals surface area contributed by atoms with Gasteiger partial charge >= 0.3 is 11.4 Å². The summed E-state index contributed by atoms with van der Waals surface area (Å²) in [5, 5.41) is 38.7. The Kier molecular flexibility index (Phi) is 4.45. The van der Waals surface area contributed by atoms with Crippen molar-refractivity contribution in [2.75, 3.05) is 24.5 Å². The molecule has 8 heteroatoms. The van der Waals surface area contributed by atoms with Gasteiger partial charge in [0.1, 0.15) is 0 Å². The summed E-state index contributed by atoms with van der Waals surface area (Å²) in [4.78, 5) is 1.84. The molecular formula is C20H18FN5O2. The lowest BCUT2D eigenvalue weighted by molar-refractivity contribution is -0.622. The number of hydrogen-bond donors (Lipinski definition) is 1. The molecule has 1 aromatic heterocycles. The third-order valence-electron chi connectivity index (χ3n) is 4.97. The molecule has 2 heterocycles. The molecule has 1 fully saturated rings. The van der Waals surface area contributed by atoms with Crippen LogP contribution in [0.5, 0.6) is 0 Å². The number of nitrogens with one attached hydrogen (secondary N) is 1. The maximum atomic E-state index is 14.9. The van der Waals surface area contributed by atoms with Crippen LogP contribution in [0.4, 0.5) is 10.1 Å². The molecule has 4 rings (SSSR count). The Bertz CT molecular complexity index is 1100. The molecule has 1 unspecified atom stereocenters. The van der Waals surface area contributed by atoms with E-state index >= 15 is 0 Å². The van der Waals surface area contributed by atoms with Gasteiger partial charge in [-0.05, 0) is 19.1 Å². The highest BCUT2D eigenvalue weighted by molar-refractivity contribution is 5.76. The van der Waals surface area contributed by atoms with Crippen LogP contribution < -0.4 is 19.7 Å². The molecule has 0 bridgehead atoms. The van der Waals surface area contributed by atoms with E-state index < -0.39 is 5.82 Å². The van der Waals surface area contributed by atoms with Crippen LogP contribution in [0.25, 0.3) is 22.3 Å². The quantitative estimate of drug-likeness (QED) is 0.539. The first-order valence-corrected chi connectivity index (χ1v) is 8.97. The van der Waals surface area contributed by atoms with E-state index in [1.807, 2.05) is 17.9 Å². The molecular weight excluding hydrogens is 361 g/mol. The largest absolute Gasteiger partial charge is 0.617 e. The zero-order valence-electron chi connectivity index (χ0n) is 15.2. The van der Waals surface area contributed by atoms with Crippen molar-refractivity contribution in [2.45, 2.75) is 13.0 Å². The number of halogens is 1. The van der Waals surface area contributed by atoms with Crippen molar-refractivity contribution in [2.24, 2.45) is 0 Å². The summed E-state index contributed by atoms with van der Waals surface area (Å²) >= 11 is 0. The number of nitrogens with zero attached hydrogens (tertiary/aromatic N) is 4. The van der Waals surface area contributed by atoms with E-state index in [0.717, 1.165) is 6.07 Å². The van der Waals surface area contributed by atoms with Crippen molar-refractivity contribution >= 4 is 16.7 Å². The van der Waals surface area contributed by atoms with Crippen LogP contribution in [0.2, 0.25) is 0 Å². The predicted molar refractivity (Wildman–Crippen MR) is 102 cm³/mol. The Morgan fingerprint density at radius 1 is 1.18 bits per heavy atom. The molecule has 28 heavy (non-hydrogen) atoms. The third-order valence-corrected chi connectivity index (χ3v) is 4.97. The van der Waals surface area contributed by atoms with Gasteiger partial charge in [-0.3, -0.25) is 0 Å². The van der Waals surface area contributed by atoms with Crippen LogP contribution in [0.1, 0.15) is 12.6 Å². The Balaban J connectivity index is 1.96. The number of piperazine rings is 1. The summed E-state index contributed by atoms with van der Waals surface area (Å²) in [6.45, 7) is 3.83. The normalized spacial score (nSPS) is 16.9. The van der Waals surface area contributed by atoms with Gasteiger partial charge in [-0.2, -0.15) is 9.99 Å². The highest BCUT2D eigenvalue weighted by Crippen LogP contribution is 2.26. The van der Waals surface area contributed by atoms with Crippen LogP contribution in [0, 0.1) is 27.6 Å². The topological polar surface area (TPSA) is 92.9 Å². The lowest BCUT2D eigenvalue weighted by Gasteiger charge is -2.33. The smallest absolute Gasteiger partial charge is 0.369 e. The maximum Gasteiger partial charge on any atom is 0.369 e. The minimum absolute atomic E-state index is 0.0335. The Hall–Kier alpha value is -3.44. The summed E-state index contributed by atoms with van der Waals surface area (Å²) in [7, 11) is 0. The fraction of sp³-hybridized carbons (Fsp3) is 0.250.